The Kier molecular flexibility index (Phi) is 15.5. The summed E-state index contributed by atoms with van der Waals surface area (Å²) in [6.45, 7) is 9.33. The number of benzene rings is 2. The predicted molar refractivity (Wildman–Crippen MR) is 201 cm³/mol. The SMILES string of the molecule is CC(=O)N(C(=O)[C@@H](N)Cc1ccccc1)[C@](CC(C)C)(C(=O)N[C@@H](CC1CCCCC1)[C@@H](O)CC(=O)NCC(C)C)C1C(=O)Nc2ccccc21.O. The lowest BCUT2D eigenvalue weighted by Crippen LogP contribution is -2.70. The summed E-state index contributed by atoms with van der Waals surface area (Å²) >= 11 is 0. The molecule has 1 heterocycles. The van der Waals surface area contributed by atoms with Gasteiger partial charge in [-0.1, -0.05) is 108 Å². The molecule has 0 spiro atoms. The fourth-order valence-electron chi connectivity index (χ4n) is 7.83. The Hall–Kier alpha value is -4.13. The van der Waals surface area contributed by atoms with E-state index in [4.69, 9.17) is 5.73 Å². The van der Waals surface area contributed by atoms with Gasteiger partial charge < -0.3 is 32.3 Å². The molecule has 12 nitrogen and oxygen atoms in total. The van der Waals surface area contributed by atoms with Crippen molar-refractivity contribution < 1.29 is 34.6 Å². The van der Waals surface area contributed by atoms with Crippen molar-refractivity contribution in [1.82, 2.24) is 15.5 Å². The molecule has 8 N–H and O–H groups in total. The number of hydrogen-bond donors (Lipinski definition) is 5. The predicted octanol–water partition coefficient (Wildman–Crippen LogP) is 3.61. The summed E-state index contributed by atoms with van der Waals surface area (Å²) in [7, 11) is 0. The van der Waals surface area contributed by atoms with Crippen molar-refractivity contribution >= 4 is 35.2 Å². The smallest absolute Gasteiger partial charge is 0.247 e. The molecule has 2 aromatic carbocycles. The minimum absolute atomic E-state index is 0. The van der Waals surface area contributed by atoms with Crippen LogP contribution in [0.25, 0.3) is 0 Å². The maximum Gasteiger partial charge on any atom is 0.247 e. The number of para-hydroxylation sites is 1. The van der Waals surface area contributed by atoms with Crippen LogP contribution in [0.5, 0.6) is 0 Å². The van der Waals surface area contributed by atoms with Crippen LogP contribution < -0.4 is 21.7 Å². The van der Waals surface area contributed by atoms with Crippen molar-refractivity contribution in [2.45, 2.75) is 122 Å². The van der Waals surface area contributed by atoms with Crippen LogP contribution in [0, 0.1) is 17.8 Å². The lowest BCUT2D eigenvalue weighted by Gasteiger charge is -2.46. The number of aliphatic hydroxyl groups excluding tert-OH is 1. The number of carbonyl (C=O) groups excluding carboxylic acids is 5. The van der Waals surface area contributed by atoms with Gasteiger partial charge in [0.2, 0.25) is 29.5 Å². The van der Waals surface area contributed by atoms with E-state index in [2.05, 4.69) is 16.0 Å². The average molecular weight is 722 g/mol. The standard InChI is InChI=1S/C40H57N5O6.H2O/c1-25(2)23-40(36-30-18-12-13-19-32(30)43-37(36)49,45(27(5)46)38(50)31(41)20-28-14-8-6-9-15-28)39(51)44-33(21-29-16-10-7-11-17-29)34(47)22-35(48)42-24-26(3)4;/h6,8-9,12-15,18-19,25-26,29,31,33-34,36,47H,7,10-11,16-17,20-24,41H2,1-5H3,(H,42,48)(H,43,49)(H,44,51);1H2/t31-,33-,34-,36?,40-;/m0./s1. The summed E-state index contributed by atoms with van der Waals surface area (Å²) in [6, 6.07) is 14.0. The molecule has 1 saturated carbocycles. The maximum absolute atomic E-state index is 15.3. The van der Waals surface area contributed by atoms with E-state index in [-0.39, 0.29) is 48.4 Å². The molecule has 2 aliphatic rings. The minimum atomic E-state index is -2.06. The van der Waals surface area contributed by atoms with Crippen molar-refractivity contribution in [1.29, 1.82) is 0 Å². The topological polar surface area (TPSA) is 202 Å². The Balaban J connectivity index is 0.00000729. The number of fused-ring (bicyclic) bond motifs is 1. The second-order valence-electron chi connectivity index (χ2n) is 15.3. The normalized spacial score (nSPS) is 18.6. The molecule has 12 heteroatoms. The molecule has 0 radical (unpaired) electrons. The van der Waals surface area contributed by atoms with Crippen molar-refractivity contribution in [3.8, 4) is 0 Å². The Morgan fingerprint density at radius 1 is 0.962 bits per heavy atom. The zero-order valence-corrected chi connectivity index (χ0v) is 31.3. The highest BCUT2D eigenvalue weighted by Gasteiger charge is 2.60. The molecule has 52 heavy (non-hydrogen) atoms. The summed E-state index contributed by atoms with van der Waals surface area (Å²) in [5.74, 6) is -4.27. The molecule has 5 amide bonds. The van der Waals surface area contributed by atoms with Crippen LogP contribution in [-0.2, 0) is 30.4 Å². The first-order valence-electron chi connectivity index (χ1n) is 18.5. The van der Waals surface area contributed by atoms with E-state index < -0.39 is 53.3 Å². The Morgan fingerprint density at radius 3 is 2.21 bits per heavy atom. The van der Waals surface area contributed by atoms with E-state index in [0.717, 1.165) is 42.6 Å². The molecule has 1 aliphatic heterocycles. The first kappa shape index (κ1) is 42.3. The van der Waals surface area contributed by atoms with Crippen LogP contribution in [-0.4, -0.2) is 75.3 Å². The zero-order chi connectivity index (χ0) is 37.3. The molecule has 0 bridgehead atoms. The highest BCUT2D eigenvalue weighted by Crippen LogP contribution is 2.46. The second kappa shape index (κ2) is 19.1. The number of aliphatic hydroxyl groups is 1. The first-order valence-corrected chi connectivity index (χ1v) is 18.5. The van der Waals surface area contributed by atoms with Gasteiger partial charge in [-0.15, -0.1) is 0 Å². The van der Waals surface area contributed by atoms with Gasteiger partial charge in [0, 0.05) is 19.2 Å². The number of nitrogens with zero attached hydrogens (tertiary/aromatic N) is 1. The van der Waals surface area contributed by atoms with Crippen molar-refractivity contribution in [2.75, 3.05) is 11.9 Å². The zero-order valence-electron chi connectivity index (χ0n) is 31.3. The molecule has 0 saturated heterocycles. The summed E-state index contributed by atoms with van der Waals surface area (Å²) in [5, 5.41) is 20.4. The molecular weight excluding hydrogens is 662 g/mol. The highest BCUT2D eigenvalue weighted by atomic mass is 16.3. The van der Waals surface area contributed by atoms with Gasteiger partial charge in [-0.2, -0.15) is 0 Å². The number of hydrogen-bond acceptors (Lipinski definition) is 7. The first-order chi connectivity index (χ1) is 24.2. The van der Waals surface area contributed by atoms with E-state index >= 15 is 4.79 Å². The van der Waals surface area contributed by atoms with Gasteiger partial charge in [0.25, 0.3) is 0 Å². The molecule has 4 rings (SSSR count). The van der Waals surface area contributed by atoms with Crippen LogP contribution in [0.15, 0.2) is 54.6 Å². The van der Waals surface area contributed by atoms with Gasteiger partial charge in [0.05, 0.1) is 30.5 Å². The van der Waals surface area contributed by atoms with Gasteiger partial charge in [0.15, 0.2) is 0 Å². The number of imide groups is 1. The van der Waals surface area contributed by atoms with E-state index in [9.17, 15) is 24.3 Å². The molecule has 286 valence electrons. The molecule has 1 fully saturated rings. The summed E-state index contributed by atoms with van der Waals surface area (Å²) in [4.78, 5) is 71.8. The number of rotatable bonds is 16. The van der Waals surface area contributed by atoms with Crippen LogP contribution >= 0.6 is 0 Å². The van der Waals surface area contributed by atoms with Gasteiger partial charge in [-0.3, -0.25) is 28.9 Å². The van der Waals surface area contributed by atoms with Gasteiger partial charge in [0.1, 0.15) is 5.54 Å². The fourth-order valence-corrected chi connectivity index (χ4v) is 7.83. The minimum Gasteiger partial charge on any atom is -0.412 e. The van der Waals surface area contributed by atoms with E-state index in [1.807, 2.05) is 58.0 Å². The molecule has 1 unspecified atom stereocenters. The number of carbonyl (C=O) groups is 5. The highest BCUT2D eigenvalue weighted by molar-refractivity contribution is 6.12. The molecule has 5 atom stereocenters. The lowest BCUT2D eigenvalue weighted by atomic mass is 9.71. The molecule has 0 aromatic heterocycles. The summed E-state index contributed by atoms with van der Waals surface area (Å²) in [5.41, 5.74) is 6.24. The van der Waals surface area contributed by atoms with Gasteiger partial charge in [-0.25, -0.2) is 0 Å². The van der Waals surface area contributed by atoms with Gasteiger partial charge >= 0.3 is 0 Å². The molecule has 2 aromatic rings. The average Bonchev–Trinajstić information content (AvgIpc) is 3.43. The maximum atomic E-state index is 15.3. The van der Waals surface area contributed by atoms with Crippen LogP contribution in [0.1, 0.15) is 103 Å². The Morgan fingerprint density at radius 2 is 1.60 bits per heavy atom. The quantitative estimate of drug-likeness (QED) is 0.174. The van der Waals surface area contributed by atoms with E-state index in [0.29, 0.717) is 24.2 Å². The molecular formula is C40H59N5O7. The van der Waals surface area contributed by atoms with Crippen LogP contribution in [0.4, 0.5) is 5.69 Å². The second-order valence-corrected chi connectivity index (χ2v) is 15.3. The molecule has 1 aliphatic carbocycles. The third kappa shape index (κ3) is 10.3. The summed E-state index contributed by atoms with van der Waals surface area (Å²) < 4.78 is 0. The monoisotopic (exact) mass is 721 g/mol. The van der Waals surface area contributed by atoms with Crippen molar-refractivity contribution in [2.24, 2.45) is 23.5 Å². The fraction of sp³-hybridized carbons (Fsp3) is 0.575. The number of nitrogens with one attached hydrogen (secondary N) is 3. The number of anilines is 1. The summed E-state index contributed by atoms with van der Waals surface area (Å²) in [6.07, 6.45) is 3.94. The van der Waals surface area contributed by atoms with Crippen LogP contribution in [0.3, 0.4) is 0 Å². The Bertz CT molecular complexity index is 1530. The van der Waals surface area contributed by atoms with E-state index in [1.54, 1.807) is 24.3 Å². The number of amides is 5. The van der Waals surface area contributed by atoms with Crippen molar-refractivity contribution in [3.05, 3.63) is 65.7 Å². The van der Waals surface area contributed by atoms with Crippen LogP contribution in [0.2, 0.25) is 0 Å². The Labute approximate surface area is 308 Å². The lowest BCUT2D eigenvalue weighted by molar-refractivity contribution is -0.163. The third-order valence-corrected chi connectivity index (χ3v) is 10.1. The van der Waals surface area contributed by atoms with Crippen molar-refractivity contribution in [3.63, 3.8) is 0 Å². The largest absolute Gasteiger partial charge is 0.412 e. The number of nitrogens with two attached hydrogens (primary N) is 1. The van der Waals surface area contributed by atoms with Gasteiger partial charge in [-0.05, 0) is 54.2 Å². The third-order valence-electron chi connectivity index (χ3n) is 10.1. The van der Waals surface area contributed by atoms with E-state index in [1.165, 1.54) is 6.92 Å².